The fourth-order valence-electron chi connectivity index (χ4n) is 1.26. The molecule has 0 bridgehead atoms. The second-order valence-corrected chi connectivity index (χ2v) is 3.70. The third-order valence-electron chi connectivity index (χ3n) is 2.16. The van der Waals surface area contributed by atoms with Gasteiger partial charge in [-0.05, 0) is 6.92 Å². The predicted octanol–water partition coefficient (Wildman–Crippen LogP) is 1.58. The first-order chi connectivity index (χ1) is 8.22. The maximum atomic E-state index is 5.95. The Bertz CT molecular complexity index is 553. The van der Waals surface area contributed by atoms with Gasteiger partial charge in [0.2, 0.25) is 0 Å². The molecule has 2 aromatic rings. The Morgan fingerprint density at radius 2 is 2.12 bits per heavy atom. The minimum atomic E-state index is 0.401. The fraction of sp³-hybridized carbons (Fsp3) is 0.0909. The largest absolute Gasteiger partial charge is 0.404 e. The summed E-state index contributed by atoms with van der Waals surface area (Å²) >= 11 is 5.95. The molecule has 5 nitrogen and oxygen atoms in total. The van der Waals surface area contributed by atoms with Crippen molar-refractivity contribution in [2.75, 3.05) is 0 Å². The lowest BCUT2D eigenvalue weighted by atomic mass is 10.2. The number of aromatic nitrogens is 4. The van der Waals surface area contributed by atoms with Crippen LogP contribution in [-0.2, 0) is 0 Å². The summed E-state index contributed by atoms with van der Waals surface area (Å²) in [4.78, 5) is 16.4. The minimum absolute atomic E-state index is 0.401. The third-order valence-corrected chi connectivity index (χ3v) is 2.54. The Balaban J connectivity index is 2.47. The van der Waals surface area contributed by atoms with Crippen LogP contribution in [-0.4, -0.2) is 19.9 Å². The summed E-state index contributed by atoms with van der Waals surface area (Å²) in [5, 5.41) is 0.401. The molecule has 0 fully saturated rings. The zero-order chi connectivity index (χ0) is 12.3. The van der Waals surface area contributed by atoms with Crippen LogP contribution in [0.1, 0.15) is 17.1 Å². The van der Waals surface area contributed by atoms with Gasteiger partial charge in [-0.1, -0.05) is 11.6 Å². The van der Waals surface area contributed by atoms with Gasteiger partial charge < -0.3 is 5.73 Å². The number of aryl methyl sites for hydroxylation is 1. The molecular weight excluding hydrogens is 238 g/mol. The summed E-state index contributed by atoms with van der Waals surface area (Å²) in [7, 11) is 0. The van der Waals surface area contributed by atoms with Gasteiger partial charge in [0.1, 0.15) is 5.15 Å². The van der Waals surface area contributed by atoms with Gasteiger partial charge in [-0.3, -0.25) is 9.97 Å². The highest BCUT2D eigenvalue weighted by atomic mass is 35.5. The molecule has 2 aromatic heterocycles. The molecule has 17 heavy (non-hydrogen) atoms. The predicted molar refractivity (Wildman–Crippen MR) is 65.1 cm³/mol. The van der Waals surface area contributed by atoms with Gasteiger partial charge in [0.25, 0.3) is 0 Å². The fourth-order valence-corrected chi connectivity index (χ4v) is 1.39. The van der Waals surface area contributed by atoms with Gasteiger partial charge >= 0.3 is 0 Å². The molecule has 2 rings (SSSR count). The van der Waals surface area contributed by atoms with Crippen molar-refractivity contribution in [2.24, 2.45) is 5.73 Å². The van der Waals surface area contributed by atoms with E-state index in [0.717, 1.165) is 5.56 Å². The SMILES string of the molecule is Cc1cnc(C(=CN)c2cnccn2)nc1Cl. The molecule has 0 radical (unpaired) electrons. The Morgan fingerprint density at radius 1 is 1.29 bits per heavy atom. The first-order valence-corrected chi connectivity index (χ1v) is 5.28. The molecule has 0 spiro atoms. The highest BCUT2D eigenvalue weighted by Crippen LogP contribution is 2.19. The van der Waals surface area contributed by atoms with E-state index in [9.17, 15) is 0 Å². The molecule has 0 saturated carbocycles. The van der Waals surface area contributed by atoms with Gasteiger partial charge in [0.15, 0.2) is 5.82 Å². The van der Waals surface area contributed by atoms with Crippen molar-refractivity contribution >= 4 is 17.2 Å². The molecule has 0 saturated heterocycles. The van der Waals surface area contributed by atoms with Crippen LogP contribution in [0.25, 0.3) is 5.57 Å². The Hall–Kier alpha value is -2.01. The summed E-state index contributed by atoms with van der Waals surface area (Å²) in [6.45, 7) is 1.83. The van der Waals surface area contributed by atoms with E-state index >= 15 is 0 Å². The minimum Gasteiger partial charge on any atom is -0.404 e. The molecule has 0 amide bonds. The second kappa shape index (κ2) is 4.88. The van der Waals surface area contributed by atoms with Crippen molar-refractivity contribution < 1.29 is 0 Å². The number of nitrogens with zero attached hydrogens (tertiary/aromatic N) is 4. The molecule has 0 aliphatic heterocycles. The van der Waals surface area contributed by atoms with E-state index in [1.54, 1.807) is 24.8 Å². The van der Waals surface area contributed by atoms with Crippen LogP contribution < -0.4 is 5.73 Å². The number of halogens is 1. The Labute approximate surface area is 103 Å². The van der Waals surface area contributed by atoms with Crippen LogP contribution in [0.3, 0.4) is 0 Å². The van der Waals surface area contributed by atoms with Crippen LogP contribution >= 0.6 is 11.6 Å². The van der Waals surface area contributed by atoms with Crippen LogP contribution in [0.5, 0.6) is 0 Å². The topological polar surface area (TPSA) is 77.6 Å². The molecular formula is C11H10ClN5. The van der Waals surface area contributed by atoms with Crippen molar-refractivity contribution in [2.45, 2.75) is 6.92 Å². The standard InChI is InChI=1S/C11H10ClN5/c1-7-5-16-11(17-10(7)12)8(4-13)9-6-14-2-3-15-9/h2-6H,13H2,1H3. The molecule has 0 unspecified atom stereocenters. The summed E-state index contributed by atoms with van der Waals surface area (Å²) in [6.07, 6.45) is 7.79. The second-order valence-electron chi connectivity index (χ2n) is 3.34. The molecule has 6 heteroatoms. The maximum Gasteiger partial charge on any atom is 0.164 e. The third kappa shape index (κ3) is 2.39. The van der Waals surface area contributed by atoms with Crippen LogP contribution in [0, 0.1) is 6.92 Å². The monoisotopic (exact) mass is 247 g/mol. The smallest absolute Gasteiger partial charge is 0.164 e. The van der Waals surface area contributed by atoms with Gasteiger partial charge in [-0.25, -0.2) is 9.97 Å². The molecule has 0 aliphatic rings. The molecule has 0 atom stereocenters. The van der Waals surface area contributed by atoms with E-state index in [4.69, 9.17) is 17.3 Å². The van der Waals surface area contributed by atoms with E-state index in [0.29, 0.717) is 22.2 Å². The summed E-state index contributed by atoms with van der Waals surface area (Å²) in [5.74, 6) is 0.434. The Kier molecular flexibility index (Phi) is 3.30. The first kappa shape index (κ1) is 11.5. The van der Waals surface area contributed by atoms with E-state index in [2.05, 4.69) is 19.9 Å². The molecule has 2 heterocycles. The van der Waals surface area contributed by atoms with Gasteiger partial charge in [0.05, 0.1) is 17.5 Å². The van der Waals surface area contributed by atoms with Gasteiger partial charge in [0, 0.05) is 30.4 Å². The summed E-state index contributed by atoms with van der Waals surface area (Å²) in [5.41, 5.74) is 7.59. The summed E-state index contributed by atoms with van der Waals surface area (Å²) in [6, 6.07) is 0. The lowest BCUT2D eigenvalue weighted by Crippen LogP contribution is -2.01. The van der Waals surface area contributed by atoms with Crippen LogP contribution in [0.2, 0.25) is 5.15 Å². The lowest BCUT2D eigenvalue weighted by Gasteiger charge is -2.05. The first-order valence-electron chi connectivity index (χ1n) is 4.90. The van der Waals surface area contributed by atoms with Crippen molar-refractivity contribution in [3.8, 4) is 0 Å². The average Bonchev–Trinajstić information content (AvgIpc) is 2.36. The van der Waals surface area contributed by atoms with E-state index in [1.165, 1.54) is 6.20 Å². The lowest BCUT2D eigenvalue weighted by molar-refractivity contribution is 1.07. The highest BCUT2D eigenvalue weighted by Gasteiger charge is 2.10. The van der Waals surface area contributed by atoms with Crippen molar-refractivity contribution in [1.29, 1.82) is 0 Å². The van der Waals surface area contributed by atoms with Gasteiger partial charge in [-0.15, -0.1) is 0 Å². The molecule has 0 aromatic carbocycles. The van der Waals surface area contributed by atoms with E-state index in [-0.39, 0.29) is 0 Å². The zero-order valence-electron chi connectivity index (χ0n) is 9.13. The van der Waals surface area contributed by atoms with Gasteiger partial charge in [-0.2, -0.15) is 0 Å². The highest BCUT2D eigenvalue weighted by molar-refractivity contribution is 6.30. The molecule has 86 valence electrons. The number of nitrogens with two attached hydrogens (primary N) is 1. The van der Waals surface area contributed by atoms with Crippen molar-refractivity contribution in [3.63, 3.8) is 0 Å². The van der Waals surface area contributed by atoms with Crippen molar-refractivity contribution in [3.05, 3.63) is 53.2 Å². The summed E-state index contributed by atoms with van der Waals surface area (Å²) < 4.78 is 0. The zero-order valence-corrected chi connectivity index (χ0v) is 9.89. The average molecular weight is 248 g/mol. The maximum absolute atomic E-state index is 5.95. The quantitative estimate of drug-likeness (QED) is 0.815. The number of hydrogen-bond acceptors (Lipinski definition) is 5. The van der Waals surface area contributed by atoms with Crippen LogP contribution in [0.4, 0.5) is 0 Å². The Morgan fingerprint density at radius 3 is 2.71 bits per heavy atom. The van der Waals surface area contributed by atoms with E-state index < -0.39 is 0 Å². The van der Waals surface area contributed by atoms with Crippen molar-refractivity contribution in [1.82, 2.24) is 19.9 Å². The van der Waals surface area contributed by atoms with Crippen LogP contribution in [0.15, 0.2) is 31.0 Å². The molecule has 0 aliphatic carbocycles. The number of rotatable bonds is 2. The van der Waals surface area contributed by atoms with E-state index in [1.807, 2.05) is 6.92 Å². The molecule has 2 N–H and O–H groups in total. The number of hydrogen-bond donors (Lipinski definition) is 1. The normalized spacial score (nSPS) is 11.5.